The number of amides is 2. The third-order valence-electron chi connectivity index (χ3n) is 3.56. The summed E-state index contributed by atoms with van der Waals surface area (Å²) in [5, 5.41) is 6.13. The molecule has 5 nitrogen and oxygen atoms in total. The Labute approximate surface area is 143 Å². The minimum atomic E-state index is -0.168. The van der Waals surface area contributed by atoms with E-state index in [1.807, 2.05) is 32.0 Å². The van der Waals surface area contributed by atoms with Gasteiger partial charge < -0.3 is 10.6 Å². The monoisotopic (exact) mass is 339 g/mol. The molecule has 122 valence electrons. The molecule has 0 aliphatic heterocycles. The average Bonchev–Trinajstić information content (AvgIpc) is 2.90. The first-order chi connectivity index (χ1) is 11.4. The fourth-order valence-corrected chi connectivity index (χ4v) is 3.37. The molecule has 0 radical (unpaired) electrons. The minimum Gasteiger partial charge on any atom is -0.322 e. The maximum Gasteiger partial charge on any atom is 0.255 e. The number of anilines is 2. The largest absolute Gasteiger partial charge is 0.322 e. The Morgan fingerprint density at radius 3 is 2.54 bits per heavy atom. The number of hydrogen-bond donors (Lipinski definition) is 2. The Morgan fingerprint density at radius 2 is 1.83 bits per heavy atom. The van der Waals surface area contributed by atoms with Crippen LogP contribution in [0.25, 0.3) is 10.2 Å². The van der Waals surface area contributed by atoms with E-state index in [1.54, 1.807) is 18.2 Å². The van der Waals surface area contributed by atoms with E-state index < -0.39 is 0 Å². The van der Waals surface area contributed by atoms with Gasteiger partial charge in [0.25, 0.3) is 5.91 Å². The van der Waals surface area contributed by atoms with Crippen molar-refractivity contribution in [1.29, 1.82) is 0 Å². The lowest BCUT2D eigenvalue weighted by Gasteiger charge is -2.09. The third kappa shape index (κ3) is 3.44. The number of nitrogens with one attached hydrogen (secondary N) is 2. The van der Waals surface area contributed by atoms with Gasteiger partial charge in [0.15, 0.2) is 5.13 Å². The van der Waals surface area contributed by atoms with Gasteiger partial charge >= 0.3 is 0 Å². The number of benzene rings is 2. The van der Waals surface area contributed by atoms with Crippen molar-refractivity contribution in [2.45, 2.75) is 20.8 Å². The molecule has 0 aliphatic rings. The van der Waals surface area contributed by atoms with Crippen molar-refractivity contribution in [2.24, 2.45) is 0 Å². The number of aryl methyl sites for hydroxylation is 2. The van der Waals surface area contributed by atoms with Gasteiger partial charge in [-0.2, -0.15) is 0 Å². The van der Waals surface area contributed by atoms with E-state index in [1.165, 1.54) is 18.3 Å². The number of thiazole rings is 1. The smallest absolute Gasteiger partial charge is 0.255 e. The molecule has 0 fully saturated rings. The number of hydrogen-bond acceptors (Lipinski definition) is 4. The molecule has 6 heteroatoms. The normalized spacial score (nSPS) is 10.6. The maximum atomic E-state index is 12.5. The molecule has 1 aromatic heterocycles. The topological polar surface area (TPSA) is 71.1 Å². The Kier molecular flexibility index (Phi) is 4.31. The molecular formula is C18H17N3O2S. The summed E-state index contributed by atoms with van der Waals surface area (Å²) in [6, 6.07) is 11.2. The van der Waals surface area contributed by atoms with E-state index in [0.29, 0.717) is 10.7 Å². The molecule has 0 spiro atoms. The van der Waals surface area contributed by atoms with E-state index in [2.05, 4.69) is 15.6 Å². The molecule has 24 heavy (non-hydrogen) atoms. The van der Waals surface area contributed by atoms with E-state index in [0.717, 1.165) is 27.0 Å². The lowest BCUT2D eigenvalue weighted by molar-refractivity contribution is -0.114. The first kappa shape index (κ1) is 16.1. The fraction of sp³-hybridized carbons (Fsp3) is 0.167. The first-order valence-electron chi connectivity index (χ1n) is 7.49. The highest BCUT2D eigenvalue weighted by Crippen LogP contribution is 2.27. The number of carbonyl (C=O) groups is 2. The number of aromatic nitrogens is 1. The van der Waals surface area contributed by atoms with Crippen LogP contribution in [0.1, 0.15) is 28.4 Å². The van der Waals surface area contributed by atoms with Crippen LogP contribution in [0.4, 0.5) is 10.8 Å². The summed E-state index contributed by atoms with van der Waals surface area (Å²) in [6.45, 7) is 5.42. The second-order valence-corrected chi connectivity index (χ2v) is 6.69. The highest BCUT2D eigenvalue weighted by Gasteiger charge is 2.11. The minimum absolute atomic E-state index is 0.165. The molecular weight excluding hydrogens is 322 g/mol. The van der Waals surface area contributed by atoms with E-state index in [-0.39, 0.29) is 11.8 Å². The van der Waals surface area contributed by atoms with Gasteiger partial charge in [-0.1, -0.05) is 29.0 Å². The third-order valence-corrected chi connectivity index (χ3v) is 4.50. The predicted octanol–water partition coefficient (Wildman–Crippen LogP) is 4.12. The molecule has 1 heterocycles. The van der Waals surface area contributed by atoms with Gasteiger partial charge in [-0.05, 0) is 43.7 Å². The maximum absolute atomic E-state index is 12.5. The number of nitrogens with zero attached hydrogens (tertiary/aromatic N) is 1. The fourth-order valence-electron chi connectivity index (χ4n) is 2.42. The van der Waals surface area contributed by atoms with Crippen LogP contribution >= 0.6 is 11.3 Å². The molecule has 3 aromatic rings. The van der Waals surface area contributed by atoms with Crippen LogP contribution in [-0.2, 0) is 4.79 Å². The van der Waals surface area contributed by atoms with Gasteiger partial charge in [0, 0.05) is 18.2 Å². The van der Waals surface area contributed by atoms with Crippen molar-refractivity contribution in [2.75, 3.05) is 10.6 Å². The van der Waals surface area contributed by atoms with Crippen LogP contribution in [0, 0.1) is 13.8 Å². The molecule has 0 aliphatic carbocycles. The van der Waals surface area contributed by atoms with E-state index >= 15 is 0 Å². The van der Waals surface area contributed by atoms with Crippen LogP contribution in [0.15, 0.2) is 36.4 Å². The molecule has 0 atom stereocenters. The van der Waals surface area contributed by atoms with Crippen molar-refractivity contribution in [3.8, 4) is 0 Å². The highest BCUT2D eigenvalue weighted by molar-refractivity contribution is 7.22. The number of fused-ring (bicyclic) bond motifs is 1. The van der Waals surface area contributed by atoms with E-state index in [9.17, 15) is 9.59 Å². The van der Waals surface area contributed by atoms with E-state index in [4.69, 9.17) is 0 Å². The summed E-state index contributed by atoms with van der Waals surface area (Å²) < 4.78 is 0.854. The average molecular weight is 339 g/mol. The molecule has 2 N–H and O–H groups in total. The highest BCUT2D eigenvalue weighted by atomic mass is 32.1. The lowest BCUT2D eigenvalue weighted by Crippen LogP contribution is -2.12. The summed E-state index contributed by atoms with van der Waals surface area (Å²) in [5.41, 5.74) is 4.29. The van der Waals surface area contributed by atoms with Crippen molar-refractivity contribution in [3.63, 3.8) is 0 Å². The predicted molar refractivity (Wildman–Crippen MR) is 97.8 cm³/mol. The number of carbonyl (C=O) groups excluding carboxylic acids is 2. The second kappa shape index (κ2) is 6.41. The van der Waals surface area contributed by atoms with Gasteiger partial charge in [-0.15, -0.1) is 0 Å². The molecule has 3 rings (SSSR count). The quantitative estimate of drug-likeness (QED) is 0.754. The zero-order valence-electron chi connectivity index (χ0n) is 13.6. The summed E-state index contributed by atoms with van der Waals surface area (Å²) in [6.07, 6.45) is 0. The van der Waals surface area contributed by atoms with Crippen LogP contribution in [-0.4, -0.2) is 16.8 Å². The molecule has 0 saturated carbocycles. The molecule has 0 bridgehead atoms. The Morgan fingerprint density at radius 1 is 1.04 bits per heavy atom. The lowest BCUT2D eigenvalue weighted by atomic mass is 10.1. The standard InChI is InChI=1S/C18H17N3O2S/c1-10-4-6-14(11(2)8-10)20-17(23)13-5-7-15-16(9-13)24-18(21-15)19-12(3)22/h4-9H,1-3H3,(H,20,23)(H,19,21,22). The second-order valence-electron chi connectivity index (χ2n) is 5.66. The van der Waals surface area contributed by atoms with Crippen molar-refractivity contribution < 1.29 is 9.59 Å². The molecule has 2 amide bonds. The number of rotatable bonds is 3. The zero-order valence-corrected chi connectivity index (χ0v) is 14.5. The SMILES string of the molecule is CC(=O)Nc1nc2ccc(C(=O)Nc3ccc(C)cc3C)cc2s1. The Bertz CT molecular complexity index is 947. The van der Waals surface area contributed by atoms with Gasteiger partial charge in [0.2, 0.25) is 5.91 Å². The first-order valence-corrected chi connectivity index (χ1v) is 8.31. The van der Waals surface area contributed by atoms with Gasteiger partial charge in [0.1, 0.15) is 0 Å². The zero-order chi connectivity index (χ0) is 17.3. The summed E-state index contributed by atoms with van der Waals surface area (Å²) in [5.74, 6) is -0.333. The van der Waals surface area contributed by atoms with Crippen LogP contribution in [0.5, 0.6) is 0 Å². The summed E-state index contributed by atoms with van der Waals surface area (Å²) in [4.78, 5) is 27.9. The molecule has 2 aromatic carbocycles. The van der Waals surface area contributed by atoms with Crippen molar-refractivity contribution >= 4 is 44.2 Å². The molecule has 0 saturated heterocycles. The van der Waals surface area contributed by atoms with Gasteiger partial charge in [0.05, 0.1) is 10.2 Å². The van der Waals surface area contributed by atoms with Crippen molar-refractivity contribution in [1.82, 2.24) is 4.98 Å². The summed E-state index contributed by atoms with van der Waals surface area (Å²) >= 11 is 1.35. The molecule has 0 unspecified atom stereocenters. The van der Waals surface area contributed by atoms with Crippen LogP contribution in [0.3, 0.4) is 0 Å². The summed E-state index contributed by atoms with van der Waals surface area (Å²) in [7, 11) is 0. The van der Waals surface area contributed by atoms with Crippen LogP contribution in [0.2, 0.25) is 0 Å². The van der Waals surface area contributed by atoms with Crippen LogP contribution < -0.4 is 10.6 Å². The van der Waals surface area contributed by atoms with Crippen molar-refractivity contribution in [3.05, 3.63) is 53.1 Å². The van der Waals surface area contributed by atoms with Gasteiger partial charge in [-0.3, -0.25) is 9.59 Å². The Hall–Kier alpha value is -2.73. The van der Waals surface area contributed by atoms with Gasteiger partial charge in [-0.25, -0.2) is 4.98 Å². The Balaban J connectivity index is 1.85.